The molecule has 8 heteroatoms. The third-order valence-electron chi connectivity index (χ3n) is 5.16. The number of amides is 1. The number of benzene rings is 2. The third-order valence-corrected chi connectivity index (χ3v) is 5.16. The molecule has 0 spiro atoms. The summed E-state index contributed by atoms with van der Waals surface area (Å²) in [7, 11) is 1.73. The van der Waals surface area contributed by atoms with Crippen LogP contribution in [-0.4, -0.2) is 38.4 Å². The molecule has 8 nitrogen and oxygen atoms in total. The van der Waals surface area contributed by atoms with E-state index in [2.05, 4.69) is 15.4 Å². The topological polar surface area (TPSA) is 91.0 Å². The van der Waals surface area contributed by atoms with Gasteiger partial charge in [0.25, 0.3) is 11.5 Å². The van der Waals surface area contributed by atoms with Crippen molar-refractivity contribution in [3.8, 4) is 28.3 Å². The average molecular weight is 444 g/mol. The summed E-state index contributed by atoms with van der Waals surface area (Å²) in [5.74, 6) is 0.522. The van der Waals surface area contributed by atoms with Gasteiger partial charge in [0.1, 0.15) is 11.4 Å². The number of aromatic nitrogens is 4. The molecule has 4 aromatic rings. The molecule has 2 aromatic heterocycles. The molecule has 0 atom stereocenters. The minimum Gasteiger partial charge on any atom is -0.494 e. The molecule has 4 rings (SSSR count). The Morgan fingerprint density at radius 3 is 2.42 bits per heavy atom. The first-order valence-electron chi connectivity index (χ1n) is 10.7. The van der Waals surface area contributed by atoms with Crippen molar-refractivity contribution >= 4 is 5.91 Å². The summed E-state index contributed by atoms with van der Waals surface area (Å²) in [6, 6.07) is 20.4. The van der Waals surface area contributed by atoms with Gasteiger partial charge in [-0.2, -0.15) is 5.10 Å². The monoisotopic (exact) mass is 443 g/mol. The van der Waals surface area contributed by atoms with Crippen LogP contribution in [0.4, 0.5) is 0 Å². The summed E-state index contributed by atoms with van der Waals surface area (Å²) in [5.41, 5.74) is 3.36. The van der Waals surface area contributed by atoms with Gasteiger partial charge in [-0.3, -0.25) is 18.8 Å². The molecule has 0 bridgehead atoms. The number of aryl methyl sites for hydroxylation is 1. The number of carbonyl (C=O) groups is 1. The SMILES string of the molecule is CCOc1ccc(-c2cc(=O)n(CCNC(=O)c3cc(-c4ccccc4)nn3C)cn2)cc1. The lowest BCUT2D eigenvalue weighted by Gasteiger charge is -2.09. The Bertz CT molecular complexity index is 1290. The first-order chi connectivity index (χ1) is 16.0. The molecule has 1 N–H and O–H groups in total. The number of nitrogens with zero attached hydrogens (tertiary/aromatic N) is 4. The summed E-state index contributed by atoms with van der Waals surface area (Å²) in [4.78, 5) is 29.5. The van der Waals surface area contributed by atoms with Gasteiger partial charge in [0.2, 0.25) is 0 Å². The molecule has 1 amide bonds. The van der Waals surface area contributed by atoms with Gasteiger partial charge in [0.15, 0.2) is 0 Å². The van der Waals surface area contributed by atoms with E-state index in [-0.39, 0.29) is 18.0 Å². The maximum Gasteiger partial charge on any atom is 0.269 e. The lowest BCUT2D eigenvalue weighted by Crippen LogP contribution is -2.31. The van der Waals surface area contributed by atoms with Gasteiger partial charge in [0.05, 0.1) is 24.3 Å². The maximum absolute atomic E-state index is 12.6. The summed E-state index contributed by atoms with van der Waals surface area (Å²) < 4.78 is 8.46. The molecule has 0 saturated carbocycles. The van der Waals surface area contributed by atoms with Gasteiger partial charge >= 0.3 is 0 Å². The van der Waals surface area contributed by atoms with Crippen molar-refractivity contribution in [2.24, 2.45) is 7.05 Å². The summed E-state index contributed by atoms with van der Waals surface area (Å²) in [6.07, 6.45) is 1.50. The lowest BCUT2D eigenvalue weighted by molar-refractivity contribution is 0.0942. The highest BCUT2D eigenvalue weighted by molar-refractivity contribution is 5.93. The minimum atomic E-state index is -0.251. The van der Waals surface area contributed by atoms with Gasteiger partial charge in [0, 0.05) is 37.3 Å². The highest BCUT2D eigenvalue weighted by atomic mass is 16.5. The zero-order chi connectivity index (χ0) is 23.2. The second-order valence-corrected chi connectivity index (χ2v) is 7.42. The number of ether oxygens (including phenoxy) is 1. The second kappa shape index (κ2) is 9.95. The first kappa shape index (κ1) is 22.0. The van der Waals surface area contributed by atoms with Crippen LogP contribution in [-0.2, 0) is 13.6 Å². The fraction of sp³-hybridized carbons (Fsp3) is 0.200. The zero-order valence-electron chi connectivity index (χ0n) is 18.6. The lowest BCUT2D eigenvalue weighted by atomic mass is 10.1. The van der Waals surface area contributed by atoms with E-state index in [1.807, 2.05) is 61.5 Å². The zero-order valence-corrected chi connectivity index (χ0v) is 18.6. The Morgan fingerprint density at radius 2 is 1.73 bits per heavy atom. The molecule has 0 saturated heterocycles. The van der Waals surface area contributed by atoms with Gasteiger partial charge in [-0.15, -0.1) is 0 Å². The minimum absolute atomic E-state index is 0.185. The predicted octanol–water partition coefficient (Wildman–Crippen LogP) is 3.14. The van der Waals surface area contributed by atoms with E-state index in [1.54, 1.807) is 17.8 Å². The van der Waals surface area contributed by atoms with Crippen LogP contribution >= 0.6 is 0 Å². The number of rotatable bonds is 8. The number of carbonyl (C=O) groups excluding carboxylic acids is 1. The van der Waals surface area contributed by atoms with E-state index in [4.69, 9.17) is 4.74 Å². The van der Waals surface area contributed by atoms with Crippen molar-refractivity contribution in [2.45, 2.75) is 13.5 Å². The second-order valence-electron chi connectivity index (χ2n) is 7.42. The van der Waals surface area contributed by atoms with Crippen molar-refractivity contribution in [2.75, 3.05) is 13.2 Å². The Hall–Kier alpha value is -4.20. The summed E-state index contributed by atoms with van der Waals surface area (Å²) in [6.45, 7) is 3.12. The quantitative estimate of drug-likeness (QED) is 0.452. The number of hydrogen-bond donors (Lipinski definition) is 1. The van der Waals surface area contributed by atoms with Crippen molar-refractivity contribution in [3.63, 3.8) is 0 Å². The fourth-order valence-corrected chi connectivity index (χ4v) is 3.45. The normalized spacial score (nSPS) is 10.7. The maximum atomic E-state index is 12.6. The van der Waals surface area contributed by atoms with Crippen LogP contribution in [0, 0.1) is 0 Å². The van der Waals surface area contributed by atoms with Crippen LogP contribution in [0.5, 0.6) is 5.75 Å². The summed E-state index contributed by atoms with van der Waals surface area (Å²) in [5, 5.41) is 7.26. The summed E-state index contributed by atoms with van der Waals surface area (Å²) >= 11 is 0. The fourth-order valence-electron chi connectivity index (χ4n) is 3.45. The van der Waals surface area contributed by atoms with Gasteiger partial charge in [-0.05, 0) is 37.3 Å². The van der Waals surface area contributed by atoms with E-state index in [9.17, 15) is 9.59 Å². The van der Waals surface area contributed by atoms with E-state index in [0.29, 0.717) is 24.5 Å². The van der Waals surface area contributed by atoms with Crippen LogP contribution in [0.25, 0.3) is 22.5 Å². The highest BCUT2D eigenvalue weighted by Gasteiger charge is 2.14. The Kier molecular flexibility index (Phi) is 6.64. The van der Waals surface area contributed by atoms with E-state index >= 15 is 0 Å². The molecule has 2 aromatic carbocycles. The third kappa shape index (κ3) is 5.17. The van der Waals surface area contributed by atoms with E-state index in [0.717, 1.165) is 22.6 Å². The van der Waals surface area contributed by atoms with Crippen LogP contribution in [0.15, 0.2) is 77.9 Å². The Balaban J connectivity index is 1.37. The van der Waals surface area contributed by atoms with Gasteiger partial charge in [-0.25, -0.2) is 4.98 Å². The Morgan fingerprint density at radius 1 is 1.00 bits per heavy atom. The molecule has 168 valence electrons. The van der Waals surface area contributed by atoms with Crippen LogP contribution in [0.3, 0.4) is 0 Å². The van der Waals surface area contributed by atoms with E-state index in [1.165, 1.54) is 17.0 Å². The molecule has 0 unspecified atom stereocenters. The van der Waals surface area contributed by atoms with Gasteiger partial charge < -0.3 is 10.1 Å². The number of hydrogen-bond acceptors (Lipinski definition) is 5. The molecular formula is C25H25N5O3. The molecule has 0 radical (unpaired) electrons. The number of nitrogens with one attached hydrogen (secondary N) is 1. The molecule has 0 aliphatic rings. The largest absolute Gasteiger partial charge is 0.494 e. The molecule has 2 heterocycles. The van der Waals surface area contributed by atoms with Crippen molar-refractivity contribution < 1.29 is 9.53 Å². The highest BCUT2D eigenvalue weighted by Crippen LogP contribution is 2.20. The first-order valence-corrected chi connectivity index (χ1v) is 10.7. The molecular weight excluding hydrogens is 418 g/mol. The van der Waals surface area contributed by atoms with Crippen molar-refractivity contribution in [3.05, 3.63) is 89.1 Å². The van der Waals surface area contributed by atoms with Crippen LogP contribution in [0.2, 0.25) is 0 Å². The standard InChI is InChI=1S/C25H25N5O3/c1-3-33-20-11-9-19(10-12-20)21-16-24(31)30(17-27-21)14-13-26-25(32)23-15-22(28-29(23)2)18-7-5-4-6-8-18/h4-12,15-17H,3,13-14H2,1-2H3,(H,26,32). The molecule has 0 aliphatic carbocycles. The van der Waals surface area contributed by atoms with Crippen LogP contribution in [0.1, 0.15) is 17.4 Å². The van der Waals surface area contributed by atoms with Crippen LogP contribution < -0.4 is 15.6 Å². The predicted molar refractivity (Wildman–Crippen MR) is 126 cm³/mol. The Labute approximate surface area is 191 Å². The smallest absolute Gasteiger partial charge is 0.269 e. The molecule has 0 fully saturated rings. The molecule has 33 heavy (non-hydrogen) atoms. The van der Waals surface area contributed by atoms with Crippen molar-refractivity contribution in [1.82, 2.24) is 24.6 Å². The van der Waals surface area contributed by atoms with E-state index < -0.39 is 0 Å². The molecule has 0 aliphatic heterocycles. The average Bonchev–Trinajstić information content (AvgIpc) is 3.23. The van der Waals surface area contributed by atoms with Gasteiger partial charge in [-0.1, -0.05) is 30.3 Å². The van der Waals surface area contributed by atoms with Crippen molar-refractivity contribution in [1.29, 1.82) is 0 Å².